The number of alkyl halides is 3. The molecule has 112 valence electrons. The zero-order valence-corrected chi connectivity index (χ0v) is 11.0. The van der Waals surface area contributed by atoms with Crippen LogP contribution < -0.4 is 11.1 Å². The second kappa shape index (κ2) is 7.25. The molecule has 20 heavy (non-hydrogen) atoms. The monoisotopic (exact) mass is 290 g/mol. The summed E-state index contributed by atoms with van der Waals surface area (Å²) in [4.78, 5) is 11.7. The van der Waals surface area contributed by atoms with Crippen molar-refractivity contribution in [2.45, 2.75) is 24.7 Å². The van der Waals surface area contributed by atoms with Crippen molar-refractivity contribution in [1.82, 2.24) is 5.32 Å². The van der Waals surface area contributed by atoms with E-state index in [9.17, 15) is 18.0 Å². The number of nitrogens with two attached hydrogens (primary N) is 1. The van der Waals surface area contributed by atoms with Gasteiger partial charge in [0.05, 0.1) is 19.1 Å². The molecule has 2 atom stereocenters. The average Bonchev–Trinajstić information content (AvgIpc) is 2.37. The molecule has 1 aromatic rings. The minimum atomic E-state index is -4.39. The van der Waals surface area contributed by atoms with Gasteiger partial charge in [-0.3, -0.25) is 4.79 Å². The van der Waals surface area contributed by atoms with Gasteiger partial charge in [0.2, 0.25) is 5.91 Å². The van der Waals surface area contributed by atoms with E-state index < -0.39 is 30.6 Å². The molecule has 0 saturated heterocycles. The molecular formula is C13H17F3N2O2. The summed E-state index contributed by atoms with van der Waals surface area (Å²) < 4.78 is 42.5. The molecule has 0 fully saturated rings. The maximum absolute atomic E-state index is 12.6. The van der Waals surface area contributed by atoms with E-state index in [0.29, 0.717) is 5.56 Å². The van der Waals surface area contributed by atoms with Crippen molar-refractivity contribution in [3.63, 3.8) is 0 Å². The molecule has 1 amide bonds. The molecule has 3 N–H and O–H groups in total. The van der Waals surface area contributed by atoms with Crippen molar-refractivity contribution in [2.75, 3.05) is 13.7 Å². The molecule has 0 spiro atoms. The number of rotatable bonds is 6. The molecule has 4 nitrogen and oxygen atoms in total. The summed E-state index contributed by atoms with van der Waals surface area (Å²) in [5.41, 5.74) is 5.88. The second-order valence-corrected chi connectivity index (χ2v) is 4.35. The quantitative estimate of drug-likeness (QED) is 0.839. The van der Waals surface area contributed by atoms with E-state index in [1.807, 2.05) is 0 Å². The van der Waals surface area contributed by atoms with E-state index in [4.69, 9.17) is 10.5 Å². The first kappa shape index (κ1) is 16.5. The highest BCUT2D eigenvalue weighted by Crippen LogP contribution is 2.29. The van der Waals surface area contributed by atoms with Crippen LogP contribution >= 0.6 is 0 Å². The zero-order chi connectivity index (χ0) is 15.2. The number of nitrogens with one attached hydrogen (secondary N) is 1. The zero-order valence-electron chi connectivity index (χ0n) is 11.0. The van der Waals surface area contributed by atoms with Gasteiger partial charge < -0.3 is 15.8 Å². The normalized spacial score (nSPS) is 14.7. The van der Waals surface area contributed by atoms with E-state index in [1.54, 1.807) is 18.2 Å². The van der Waals surface area contributed by atoms with Gasteiger partial charge in [0.1, 0.15) is 6.04 Å². The Morgan fingerprint density at radius 2 is 1.95 bits per heavy atom. The Kier molecular flexibility index (Phi) is 5.97. The molecule has 0 heterocycles. The average molecular weight is 290 g/mol. The molecule has 2 unspecified atom stereocenters. The lowest BCUT2D eigenvalue weighted by Crippen LogP contribution is -2.45. The first-order valence-electron chi connectivity index (χ1n) is 6.00. The number of amides is 1. The summed E-state index contributed by atoms with van der Waals surface area (Å²) in [6.45, 7) is -0.0562. The highest BCUT2D eigenvalue weighted by Gasteiger charge is 2.34. The van der Waals surface area contributed by atoms with E-state index in [-0.39, 0.29) is 6.61 Å². The molecule has 0 aromatic heterocycles. The highest BCUT2D eigenvalue weighted by atomic mass is 19.4. The van der Waals surface area contributed by atoms with Gasteiger partial charge in [-0.1, -0.05) is 30.3 Å². The number of carbonyl (C=O) groups is 1. The summed E-state index contributed by atoms with van der Waals surface area (Å²) in [5.74, 6) is -0.676. The molecule has 1 aromatic carbocycles. The smallest absolute Gasteiger partial charge is 0.383 e. The summed E-state index contributed by atoms with van der Waals surface area (Å²) >= 11 is 0. The number of ether oxygens (including phenoxy) is 1. The molecule has 7 heteroatoms. The first-order chi connectivity index (χ1) is 9.33. The van der Waals surface area contributed by atoms with Crippen LogP contribution in [0.4, 0.5) is 13.2 Å². The Balaban J connectivity index is 2.81. The molecule has 0 aliphatic heterocycles. The lowest BCUT2D eigenvalue weighted by atomic mass is 10.0. The van der Waals surface area contributed by atoms with Crippen molar-refractivity contribution in [2.24, 2.45) is 5.73 Å². The maximum atomic E-state index is 12.6. The van der Waals surface area contributed by atoms with Crippen LogP contribution in [0.1, 0.15) is 18.0 Å². The van der Waals surface area contributed by atoms with Crippen molar-refractivity contribution in [3.8, 4) is 0 Å². The lowest BCUT2D eigenvalue weighted by molar-refractivity contribution is -0.143. The van der Waals surface area contributed by atoms with Crippen molar-refractivity contribution < 1.29 is 22.7 Å². The van der Waals surface area contributed by atoms with Crippen LogP contribution in [0, 0.1) is 0 Å². The molecule has 0 bridgehead atoms. The van der Waals surface area contributed by atoms with Gasteiger partial charge in [0, 0.05) is 7.11 Å². The van der Waals surface area contributed by atoms with Gasteiger partial charge >= 0.3 is 6.18 Å². The number of hydrogen-bond acceptors (Lipinski definition) is 3. The number of hydrogen-bond donors (Lipinski definition) is 2. The van der Waals surface area contributed by atoms with Crippen LogP contribution in [0.5, 0.6) is 0 Å². The van der Waals surface area contributed by atoms with Crippen LogP contribution in [0.3, 0.4) is 0 Å². The lowest BCUT2D eigenvalue weighted by Gasteiger charge is -2.22. The SMILES string of the molecule is COCC(N)C(=O)NC(CC(F)(F)F)c1ccccc1. The largest absolute Gasteiger partial charge is 0.391 e. The minimum absolute atomic E-state index is 0.0562. The fourth-order valence-corrected chi connectivity index (χ4v) is 1.70. The van der Waals surface area contributed by atoms with Crippen molar-refractivity contribution >= 4 is 5.91 Å². The Labute approximate surface area is 115 Å². The third kappa shape index (κ3) is 5.58. The third-order valence-electron chi connectivity index (χ3n) is 2.64. The van der Waals surface area contributed by atoms with E-state index in [1.165, 1.54) is 19.2 Å². The molecule has 0 aliphatic rings. The molecule has 1 rings (SSSR count). The number of benzene rings is 1. The third-order valence-corrected chi connectivity index (χ3v) is 2.64. The van der Waals surface area contributed by atoms with E-state index in [0.717, 1.165) is 0 Å². The number of methoxy groups -OCH3 is 1. The summed E-state index contributed by atoms with van der Waals surface area (Å²) in [6.07, 6.45) is -5.54. The second-order valence-electron chi connectivity index (χ2n) is 4.35. The van der Waals surface area contributed by atoms with Crippen LogP contribution in [0.25, 0.3) is 0 Å². The topological polar surface area (TPSA) is 64.3 Å². The molecular weight excluding hydrogens is 273 g/mol. The van der Waals surface area contributed by atoms with Crippen molar-refractivity contribution in [1.29, 1.82) is 0 Å². The van der Waals surface area contributed by atoms with Crippen LogP contribution in [-0.2, 0) is 9.53 Å². The Bertz CT molecular complexity index is 423. The van der Waals surface area contributed by atoms with Crippen molar-refractivity contribution in [3.05, 3.63) is 35.9 Å². The Hall–Kier alpha value is -1.60. The van der Waals surface area contributed by atoms with Gasteiger partial charge in [-0.2, -0.15) is 13.2 Å². The van der Waals surface area contributed by atoms with E-state index in [2.05, 4.69) is 5.32 Å². The van der Waals surface area contributed by atoms with Gasteiger partial charge in [0.15, 0.2) is 0 Å². The standard InChI is InChI=1S/C13H17F3N2O2/c1-20-8-10(17)12(19)18-11(7-13(14,15)16)9-5-3-2-4-6-9/h2-6,10-11H,7-8,17H2,1H3,(H,18,19). The van der Waals surface area contributed by atoms with Crippen LogP contribution in [-0.4, -0.2) is 31.8 Å². The highest BCUT2D eigenvalue weighted by molar-refractivity contribution is 5.82. The van der Waals surface area contributed by atoms with Gasteiger partial charge in [0.25, 0.3) is 0 Å². The van der Waals surface area contributed by atoms with Crippen LogP contribution in [0.15, 0.2) is 30.3 Å². The molecule has 0 saturated carbocycles. The van der Waals surface area contributed by atoms with Gasteiger partial charge in [-0.15, -0.1) is 0 Å². The number of halogens is 3. The predicted octanol–water partition coefficient (Wildman–Crippen LogP) is 1.77. The number of carbonyl (C=O) groups excluding carboxylic acids is 1. The predicted molar refractivity (Wildman–Crippen MR) is 67.8 cm³/mol. The summed E-state index contributed by atoms with van der Waals surface area (Å²) in [6, 6.07) is 5.80. The fraction of sp³-hybridized carbons (Fsp3) is 0.462. The van der Waals surface area contributed by atoms with Crippen LogP contribution in [0.2, 0.25) is 0 Å². The van der Waals surface area contributed by atoms with E-state index >= 15 is 0 Å². The summed E-state index contributed by atoms with van der Waals surface area (Å²) in [5, 5.41) is 2.31. The summed E-state index contributed by atoms with van der Waals surface area (Å²) in [7, 11) is 1.36. The Morgan fingerprint density at radius 3 is 2.45 bits per heavy atom. The molecule has 0 aliphatic carbocycles. The minimum Gasteiger partial charge on any atom is -0.383 e. The first-order valence-corrected chi connectivity index (χ1v) is 6.00. The Morgan fingerprint density at radius 1 is 1.35 bits per heavy atom. The fourth-order valence-electron chi connectivity index (χ4n) is 1.70. The maximum Gasteiger partial charge on any atom is 0.391 e. The van der Waals surface area contributed by atoms with Gasteiger partial charge in [-0.25, -0.2) is 0 Å². The van der Waals surface area contributed by atoms with Gasteiger partial charge in [-0.05, 0) is 5.56 Å². The molecule has 0 radical (unpaired) electrons.